The molecule has 0 aliphatic carbocycles. The number of benzene rings is 2. The number of rotatable bonds is 6. The summed E-state index contributed by atoms with van der Waals surface area (Å²) in [6.07, 6.45) is 1.15. The highest BCUT2D eigenvalue weighted by Crippen LogP contribution is 2.18. The number of halogens is 1. The zero-order valence-corrected chi connectivity index (χ0v) is 14.2. The van der Waals surface area contributed by atoms with Crippen LogP contribution < -0.4 is 10.9 Å². The van der Waals surface area contributed by atoms with Crippen LogP contribution in [0.25, 0.3) is 0 Å². The summed E-state index contributed by atoms with van der Waals surface area (Å²) in [7, 11) is 0. The van der Waals surface area contributed by atoms with Gasteiger partial charge in [-0.3, -0.25) is 20.4 Å². The van der Waals surface area contributed by atoms with Crippen LogP contribution in [-0.4, -0.2) is 17.6 Å². The minimum atomic E-state index is -0.350. The minimum Gasteiger partial charge on any atom is -0.273 e. The number of hydrazine groups is 1. The first-order chi connectivity index (χ1) is 11.6. The Morgan fingerprint density at radius 3 is 2.29 bits per heavy atom. The topological polar surface area (TPSA) is 58.2 Å². The van der Waals surface area contributed by atoms with Crippen molar-refractivity contribution in [2.75, 3.05) is 5.75 Å². The van der Waals surface area contributed by atoms with E-state index in [4.69, 9.17) is 0 Å². The average molecular weight is 346 g/mol. The van der Waals surface area contributed by atoms with Gasteiger partial charge >= 0.3 is 0 Å². The van der Waals surface area contributed by atoms with Gasteiger partial charge in [0, 0.05) is 22.6 Å². The Morgan fingerprint density at radius 1 is 1.00 bits per heavy atom. The maximum atomic E-state index is 12.8. The van der Waals surface area contributed by atoms with E-state index < -0.39 is 0 Å². The van der Waals surface area contributed by atoms with Gasteiger partial charge in [0.2, 0.25) is 5.91 Å². The molecule has 0 atom stereocenters. The molecule has 126 valence electrons. The molecule has 0 heterocycles. The molecule has 2 rings (SSSR count). The lowest BCUT2D eigenvalue weighted by Crippen LogP contribution is -2.41. The number of hydrogen-bond acceptors (Lipinski definition) is 3. The molecular formula is C18H19FN2O2S. The Morgan fingerprint density at radius 2 is 1.67 bits per heavy atom. The maximum Gasteiger partial charge on any atom is 0.269 e. The lowest BCUT2D eigenvalue weighted by molar-refractivity contribution is -0.121. The predicted octanol–water partition coefficient (Wildman–Crippen LogP) is 3.33. The molecule has 24 heavy (non-hydrogen) atoms. The third-order valence-electron chi connectivity index (χ3n) is 3.35. The highest BCUT2D eigenvalue weighted by Gasteiger charge is 2.07. The molecular weight excluding hydrogens is 327 g/mol. The molecule has 2 aromatic rings. The van der Waals surface area contributed by atoms with E-state index in [1.807, 2.05) is 19.1 Å². The number of carbonyl (C=O) groups excluding carboxylic acids is 2. The molecule has 2 amide bonds. The van der Waals surface area contributed by atoms with E-state index in [-0.39, 0.29) is 24.1 Å². The van der Waals surface area contributed by atoms with Crippen molar-refractivity contribution in [1.29, 1.82) is 0 Å². The molecule has 0 spiro atoms. The first-order valence-corrected chi connectivity index (χ1v) is 8.63. The van der Waals surface area contributed by atoms with E-state index in [1.165, 1.54) is 23.9 Å². The Kier molecular flexibility index (Phi) is 6.81. The summed E-state index contributed by atoms with van der Waals surface area (Å²) in [4.78, 5) is 24.5. The molecule has 0 saturated carbocycles. The van der Waals surface area contributed by atoms with Crippen LogP contribution in [0.3, 0.4) is 0 Å². The standard InChI is InChI=1S/C18H19FN2O2S/c1-2-13-3-5-14(6-4-13)18(23)21-20-17(22)11-12-24-16-9-7-15(19)8-10-16/h3-10H,2,11-12H2,1H3,(H,20,22)(H,21,23). The second kappa shape index (κ2) is 9.08. The molecule has 0 radical (unpaired) electrons. The summed E-state index contributed by atoms with van der Waals surface area (Å²) in [5, 5.41) is 0. The normalized spacial score (nSPS) is 10.2. The fourth-order valence-corrected chi connectivity index (χ4v) is 2.80. The zero-order valence-electron chi connectivity index (χ0n) is 13.3. The van der Waals surface area contributed by atoms with Gasteiger partial charge in [-0.05, 0) is 48.4 Å². The molecule has 0 saturated heterocycles. The predicted molar refractivity (Wildman–Crippen MR) is 93.2 cm³/mol. The van der Waals surface area contributed by atoms with Gasteiger partial charge in [0.15, 0.2) is 0 Å². The largest absolute Gasteiger partial charge is 0.273 e. The first-order valence-electron chi connectivity index (χ1n) is 7.65. The third-order valence-corrected chi connectivity index (χ3v) is 4.37. The second-order valence-corrected chi connectivity index (χ2v) is 6.27. The molecule has 0 bridgehead atoms. The number of amides is 2. The summed E-state index contributed by atoms with van der Waals surface area (Å²) in [6, 6.07) is 13.3. The first kappa shape index (κ1) is 18.0. The van der Waals surface area contributed by atoms with Crippen molar-refractivity contribution in [1.82, 2.24) is 10.9 Å². The number of thioether (sulfide) groups is 1. The van der Waals surface area contributed by atoms with E-state index >= 15 is 0 Å². The zero-order chi connectivity index (χ0) is 17.4. The molecule has 2 aromatic carbocycles. The second-order valence-electron chi connectivity index (χ2n) is 5.11. The molecule has 6 heteroatoms. The summed E-state index contributed by atoms with van der Waals surface area (Å²) < 4.78 is 12.8. The van der Waals surface area contributed by atoms with Gasteiger partial charge in [0.05, 0.1) is 0 Å². The minimum absolute atomic E-state index is 0.247. The van der Waals surface area contributed by atoms with Crippen LogP contribution >= 0.6 is 11.8 Å². The third kappa shape index (κ3) is 5.70. The fraction of sp³-hybridized carbons (Fsp3) is 0.222. The fourth-order valence-electron chi connectivity index (χ4n) is 1.95. The van der Waals surface area contributed by atoms with Crippen molar-refractivity contribution in [3.8, 4) is 0 Å². The molecule has 0 unspecified atom stereocenters. The summed E-state index contributed by atoms with van der Waals surface area (Å²) in [5.41, 5.74) is 6.43. The van der Waals surface area contributed by atoms with Gasteiger partial charge in [-0.25, -0.2) is 4.39 Å². The highest BCUT2D eigenvalue weighted by atomic mass is 32.2. The van der Waals surface area contributed by atoms with Crippen molar-refractivity contribution in [3.05, 3.63) is 65.5 Å². The van der Waals surface area contributed by atoms with Crippen LogP contribution in [0.4, 0.5) is 4.39 Å². The van der Waals surface area contributed by atoms with Crippen molar-refractivity contribution >= 4 is 23.6 Å². The Bertz CT molecular complexity index is 687. The highest BCUT2D eigenvalue weighted by molar-refractivity contribution is 7.99. The Balaban J connectivity index is 1.70. The molecule has 0 aliphatic heterocycles. The van der Waals surface area contributed by atoms with Gasteiger partial charge in [-0.1, -0.05) is 19.1 Å². The van der Waals surface area contributed by atoms with Gasteiger partial charge in [0.1, 0.15) is 5.82 Å². The van der Waals surface area contributed by atoms with E-state index in [2.05, 4.69) is 10.9 Å². The number of carbonyl (C=O) groups is 2. The number of aryl methyl sites for hydroxylation is 1. The van der Waals surface area contributed by atoms with Gasteiger partial charge < -0.3 is 0 Å². The van der Waals surface area contributed by atoms with E-state index in [0.717, 1.165) is 16.9 Å². The lowest BCUT2D eigenvalue weighted by atomic mass is 10.1. The quantitative estimate of drug-likeness (QED) is 0.623. The van der Waals surface area contributed by atoms with Crippen molar-refractivity contribution < 1.29 is 14.0 Å². The molecule has 2 N–H and O–H groups in total. The Labute approximate surface area is 144 Å². The molecule has 0 aliphatic rings. The number of hydrogen-bond donors (Lipinski definition) is 2. The maximum absolute atomic E-state index is 12.8. The van der Waals surface area contributed by atoms with Crippen LogP contribution in [0, 0.1) is 5.82 Å². The monoisotopic (exact) mass is 346 g/mol. The number of nitrogens with one attached hydrogen (secondary N) is 2. The van der Waals surface area contributed by atoms with Crippen LogP contribution in [0.1, 0.15) is 29.3 Å². The lowest BCUT2D eigenvalue weighted by Gasteiger charge is -2.08. The van der Waals surface area contributed by atoms with Gasteiger partial charge in [0.25, 0.3) is 5.91 Å². The van der Waals surface area contributed by atoms with Crippen molar-refractivity contribution in [2.45, 2.75) is 24.7 Å². The summed E-state index contributed by atoms with van der Waals surface area (Å²) >= 11 is 1.45. The van der Waals surface area contributed by atoms with Crippen LogP contribution in [-0.2, 0) is 11.2 Å². The molecule has 0 aromatic heterocycles. The smallest absolute Gasteiger partial charge is 0.269 e. The van der Waals surface area contributed by atoms with Crippen molar-refractivity contribution in [3.63, 3.8) is 0 Å². The van der Waals surface area contributed by atoms with Crippen LogP contribution in [0.5, 0.6) is 0 Å². The van der Waals surface area contributed by atoms with E-state index in [0.29, 0.717) is 11.3 Å². The van der Waals surface area contributed by atoms with Crippen molar-refractivity contribution in [2.24, 2.45) is 0 Å². The van der Waals surface area contributed by atoms with Gasteiger partial charge in [-0.15, -0.1) is 11.8 Å². The van der Waals surface area contributed by atoms with Gasteiger partial charge in [-0.2, -0.15) is 0 Å². The molecule has 0 fully saturated rings. The van der Waals surface area contributed by atoms with E-state index in [9.17, 15) is 14.0 Å². The summed E-state index contributed by atoms with van der Waals surface area (Å²) in [6.45, 7) is 2.04. The summed E-state index contributed by atoms with van der Waals surface area (Å²) in [5.74, 6) is -0.370. The Hall–Kier alpha value is -2.34. The molecule has 4 nitrogen and oxygen atoms in total. The SMILES string of the molecule is CCc1ccc(C(=O)NNC(=O)CCSc2ccc(F)cc2)cc1. The van der Waals surface area contributed by atoms with Crippen LogP contribution in [0.2, 0.25) is 0 Å². The van der Waals surface area contributed by atoms with Crippen LogP contribution in [0.15, 0.2) is 53.4 Å². The average Bonchev–Trinajstić information content (AvgIpc) is 2.61. The van der Waals surface area contributed by atoms with E-state index in [1.54, 1.807) is 24.3 Å².